The number of carbonyl (C=O) groups excluding carboxylic acids is 1. The zero-order valence-electron chi connectivity index (χ0n) is 8.82. The molecule has 0 radical (unpaired) electrons. The predicted octanol–water partition coefficient (Wildman–Crippen LogP) is 1.33. The number of hydrogen-bond acceptors (Lipinski definition) is 2. The van der Waals surface area contributed by atoms with Crippen LogP contribution in [0.2, 0.25) is 0 Å². The summed E-state index contributed by atoms with van der Waals surface area (Å²) >= 11 is 0. The summed E-state index contributed by atoms with van der Waals surface area (Å²) in [5.41, 5.74) is 1.52. The van der Waals surface area contributed by atoms with Crippen LogP contribution in [0.3, 0.4) is 0 Å². The first-order valence-corrected chi connectivity index (χ1v) is 4.57. The molecule has 0 aliphatic carbocycles. The highest BCUT2D eigenvalue weighted by Crippen LogP contribution is 2.03. The summed E-state index contributed by atoms with van der Waals surface area (Å²) in [6, 6.07) is 9.08. The highest BCUT2D eigenvalue weighted by atomic mass is 16.2. The first-order chi connectivity index (χ1) is 7.13. The second-order valence-electron chi connectivity index (χ2n) is 3.37. The molecular formula is C11H13N3O. The van der Waals surface area contributed by atoms with E-state index in [1.165, 1.54) is 4.90 Å². The number of urea groups is 1. The van der Waals surface area contributed by atoms with Gasteiger partial charge in [-0.25, -0.2) is 4.79 Å². The Kier molecular flexibility index (Phi) is 3.69. The van der Waals surface area contributed by atoms with Gasteiger partial charge >= 0.3 is 6.03 Å². The van der Waals surface area contributed by atoms with Crippen LogP contribution >= 0.6 is 0 Å². The van der Waals surface area contributed by atoms with Crippen molar-refractivity contribution in [3.63, 3.8) is 0 Å². The highest BCUT2D eigenvalue weighted by molar-refractivity contribution is 5.73. The third-order valence-electron chi connectivity index (χ3n) is 1.91. The van der Waals surface area contributed by atoms with E-state index in [9.17, 15) is 4.79 Å². The van der Waals surface area contributed by atoms with Crippen LogP contribution in [0.4, 0.5) is 4.79 Å². The minimum absolute atomic E-state index is 0.141. The van der Waals surface area contributed by atoms with E-state index in [4.69, 9.17) is 5.26 Å². The lowest BCUT2D eigenvalue weighted by Crippen LogP contribution is -2.33. The maximum Gasteiger partial charge on any atom is 0.317 e. The maximum absolute atomic E-state index is 11.2. The molecule has 1 rings (SSSR count). The molecule has 1 aromatic rings. The molecule has 0 spiro atoms. The molecule has 78 valence electrons. The quantitative estimate of drug-likeness (QED) is 0.788. The van der Waals surface area contributed by atoms with Gasteiger partial charge in [0.1, 0.15) is 0 Å². The predicted molar refractivity (Wildman–Crippen MR) is 57.1 cm³/mol. The normalized spacial score (nSPS) is 9.13. The van der Waals surface area contributed by atoms with Crippen molar-refractivity contribution in [1.82, 2.24) is 10.2 Å². The van der Waals surface area contributed by atoms with Crippen LogP contribution < -0.4 is 5.32 Å². The van der Waals surface area contributed by atoms with E-state index in [2.05, 4.69) is 11.4 Å². The highest BCUT2D eigenvalue weighted by Gasteiger charge is 2.02. The summed E-state index contributed by atoms with van der Waals surface area (Å²) in [6.45, 7) is 0.437. The zero-order valence-corrected chi connectivity index (χ0v) is 8.82. The van der Waals surface area contributed by atoms with E-state index in [1.807, 2.05) is 6.07 Å². The molecule has 0 fully saturated rings. The number of carbonyl (C=O) groups is 1. The Hall–Kier alpha value is -2.02. The van der Waals surface area contributed by atoms with E-state index in [0.29, 0.717) is 12.1 Å². The number of rotatable bonds is 2. The lowest BCUT2D eigenvalue weighted by atomic mass is 10.1. The smallest absolute Gasteiger partial charge is 0.317 e. The van der Waals surface area contributed by atoms with Gasteiger partial charge in [0.05, 0.1) is 11.6 Å². The molecule has 15 heavy (non-hydrogen) atoms. The average Bonchev–Trinajstić information content (AvgIpc) is 2.26. The number of nitrogens with zero attached hydrogens (tertiary/aromatic N) is 2. The van der Waals surface area contributed by atoms with Crippen LogP contribution in [0.5, 0.6) is 0 Å². The van der Waals surface area contributed by atoms with Crippen molar-refractivity contribution < 1.29 is 4.79 Å². The van der Waals surface area contributed by atoms with Crippen molar-refractivity contribution in [3.8, 4) is 6.07 Å². The minimum Gasteiger partial charge on any atom is -0.334 e. The van der Waals surface area contributed by atoms with Crippen LogP contribution in [-0.2, 0) is 6.54 Å². The Morgan fingerprint density at radius 2 is 2.27 bits per heavy atom. The summed E-state index contributed by atoms with van der Waals surface area (Å²) in [5.74, 6) is 0. The minimum atomic E-state index is -0.141. The molecule has 2 amide bonds. The molecule has 0 unspecified atom stereocenters. The van der Waals surface area contributed by atoms with Crippen molar-refractivity contribution in [2.24, 2.45) is 0 Å². The molecule has 0 heterocycles. The molecule has 0 aromatic heterocycles. The molecule has 0 bridgehead atoms. The van der Waals surface area contributed by atoms with Crippen LogP contribution in [0.1, 0.15) is 11.1 Å². The Balaban J connectivity index is 2.59. The number of hydrogen-bond donors (Lipinski definition) is 1. The molecular weight excluding hydrogens is 190 g/mol. The molecule has 0 atom stereocenters. The first-order valence-electron chi connectivity index (χ1n) is 4.57. The fourth-order valence-electron chi connectivity index (χ4n) is 1.09. The topological polar surface area (TPSA) is 56.1 Å². The van der Waals surface area contributed by atoms with Crippen molar-refractivity contribution >= 4 is 6.03 Å². The van der Waals surface area contributed by atoms with Gasteiger partial charge in [0.2, 0.25) is 0 Å². The summed E-state index contributed by atoms with van der Waals surface area (Å²) in [4.78, 5) is 12.7. The van der Waals surface area contributed by atoms with Crippen LogP contribution in [-0.4, -0.2) is 25.0 Å². The summed E-state index contributed by atoms with van der Waals surface area (Å²) in [7, 11) is 3.36. The van der Waals surface area contributed by atoms with Gasteiger partial charge in [0, 0.05) is 20.6 Å². The van der Waals surface area contributed by atoms with E-state index in [-0.39, 0.29) is 6.03 Å². The molecule has 0 saturated heterocycles. The molecule has 1 N–H and O–H groups in total. The van der Waals surface area contributed by atoms with E-state index < -0.39 is 0 Å². The van der Waals surface area contributed by atoms with Crippen molar-refractivity contribution in [2.75, 3.05) is 14.1 Å². The second kappa shape index (κ2) is 5.01. The fourth-order valence-corrected chi connectivity index (χ4v) is 1.09. The third kappa shape index (κ3) is 3.31. The average molecular weight is 203 g/mol. The van der Waals surface area contributed by atoms with Crippen molar-refractivity contribution in [2.45, 2.75) is 6.54 Å². The van der Waals surface area contributed by atoms with E-state index in [1.54, 1.807) is 32.3 Å². The lowest BCUT2D eigenvalue weighted by molar-refractivity contribution is 0.217. The first kappa shape index (κ1) is 11.1. The lowest BCUT2D eigenvalue weighted by Gasteiger charge is -2.11. The Morgan fingerprint density at radius 1 is 1.53 bits per heavy atom. The Bertz CT molecular complexity index is 393. The maximum atomic E-state index is 11.2. The summed E-state index contributed by atoms with van der Waals surface area (Å²) < 4.78 is 0. The summed E-state index contributed by atoms with van der Waals surface area (Å²) in [6.07, 6.45) is 0. The van der Waals surface area contributed by atoms with Gasteiger partial charge < -0.3 is 10.2 Å². The fraction of sp³-hybridized carbons (Fsp3) is 0.273. The molecule has 4 nitrogen and oxygen atoms in total. The van der Waals surface area contributed by atoms with Gasteiger partial charge in [-0.2, -0.15) is 5.26 Å². The number of amides is 2. The largest absolute Gasteiger partial charge is 0.334 e. The number of benzene rings is 1. The number of nitriles is 1. The van der Waals surface area contributed by atoms with Gasteiger partial charge in [-0.05, 0) is 17.7 Å². The second-order valence-corrected chi connectivity index (χ2v) is 3.37. The van der Waals surface area contributed by atoms with Crippen LogP contribution in [0.15, 0.2) is 24.3 Å². The van der Waals surface area contributed by atoms with Crippen LogP contribution in [0.25, 0.3) is 0 Å². The van der Waals surface area contributed by atoms with Gasteiger partial charge in [0.25, 0.3) is 0 Å². The molecule has 0 aliphatic rings. The molecule has 0 saturated carbocycles. The Labute approximate surface area is 89.1 Å². The molecule has 4 heteroatoms. The third-order valence-corrected chi connectivity index (χ3v) is 1.91. The molecule has 1 aromatic carbocycles. The van der Waals surface area contributed by atoms with Gasteiger partial charge in [-0.15, -0.1) is 0 Å². The monoisotopic (exact) mass is 203 g/mol. The summed E-state index contributed by atoms with van der Waals surface area (Å²) in [5, 5.41) is 11.4. The molecule has 0 aliphatic heterocycles. The number of nitrogens with one attached hydrogen (secondary N) is 1. The standard InChI is InChI=1S/C11H13N3O/c1-14(2)11(15)13-8-10-5-3-4-9(6-10)7-12/h3-6H,8H2,1-2H3,(H,13,15). The van der Waals surface area contributed by atoms with E-state index in [0.717, 1.165) is 5.56 Å². The van der Waals surface area contributed by atoms with Crippen molar-refractivity contribution in [3.05, 3.63) is 35.4 Å². The van der Waals surface area contributed by atoms with Gasteiger partial charge in [-0.1, -0.05) is 12.1 Å². The zero-order chi connectivity index (χ0) is 11.3. The van der Waals surface area contributed by atoms with Gasteiger partial charge in [0.15, 0.2) is 0 Å². The van der Waals surface area contributed by atoms with E-state index >= 15 is 0 Å². The van der Waals surface area contributed by atoms with Gasteiger partial charge in [-0.3, -0.25) is 0 Å². The van der Waals surface area contributed by atoms with Crippen molar-refractivity contribution in [1.29, 1.82) is 5.26 Å². The SMILES string of the molecule is CN(C)C(=O)NCc1cccc(C#N)c1. The van der Waals surface area contributed by atoms with Crippen LogP contribution in [0, 0.1) is 11.3 Å². The Morgan fingerprint density at radius 3 is 2.87 bits per heavy atom.